The van der Waals surface area contributed by atoms with Gasteiger partial charge in [0.05, 0.1) is 0 Å². The first-order valence-corrected chi connectivity index (χ1v) is 17.2. The first kappa shape index (κ1) is 31.2. The Labute approximate surface area is 286 Å². The number of benzene rings is 7. The fourth-order valence-electron chi connectivity index (χ4n) is 7.17. The Morgan fingerprint density at radius 3 is 0.417 bits per heavy atom. The van der Waals surface area contributed by atoms with Gasteiger partial charge in [-0.15, -0.1) is 0 Å². The molecule has 0 aliphatic carbocycles. The van der Waals surface area contributed by atoms with Gasteiger partial charge in [0, 0.05) is 0 Å². The van der Waals surface area contributed by atoms with Gasteiger partial charge in [0.25, 0.3) is 0 Å². The van der Waals surface area contributed by atoms with Gasteiger partial charge in [-0.1, -0.05) is 182 Å². The van der Waals surface area contributed by atoms with E-state index in [1.807, 2.05) is 0 Å². The van der Waals surface area contributed by atoms with Crippen LogP contribution in [0.1, 0.15) is 66.8 Å². The molecule has 0 saturated carbocycles. The van der Waals surface area contributed by atoms with E-state index >= 15 is 0 Å². The summed E-state index contributed by atoms with van der Waals surface area (Å²) in [4.78, 5) is 0. The van der Waals surface area contributed by atoms with Crippen molar-refractivity contribution in [3.63, 3.8) is 0 Å². The minimum Gasteiger partial charge on any atom is -0.0622 e. The van der Waals surface area contributed by atoms with Crippen molar-refractivity contribution >= 4 is 0 Å². The molecule has 7 aromatic rings. The second-order valence-electron chi connectivity index (χ2n) is 12.8. The number of hydrogen-bond acceptors (Lipinski definition) is 0. The molecule has 0 amide bonds. The lowest BCUT2D eigenvalue weighted by molar-refractivity contribution is 0.925. The van der Waals surface area contributed by atoms with E-state index in [4.69, 9.17) is 0 Å². The normalized spacial score (nSPS) is 11.0. The first-order valence-electron chi connectivity index (χ1n) is 17.2. The van der Waals surface area contributed by atoms with Crippen molar-refractivity contribution in [2.24, 2.45) is 0 Å². The van der Waals surface area contributed by atoms with Crippen molar-refractivity contribution < 1.29 is 0 Å². The molecule has 0 N–H and O–H groups in total. The van der Waals surface area contributed by atoms with Gasteiger partial charge >= 0.3 is 0 Å². The fraction of sp³-hybridized carbons (Fsp3) is 0.125. The van der Waals surface area contributed by atoms with Crippen LogP contribution in [0.2, 0.25) is 0 Å². The molecule has 0 bridgehead atoms. The standard InChI is InChI=1S/C48H42/c1-7-19-37(20-8-1)31-43-44(32-38-21-9-2-10-22-38)46(34-40-25-13-4-14-26-40)48(36-42-29-17-6-18-30-42)47(35-41-27-15-5-16-28-41)45(43)33-39-23-11-3-12-24-39/h1-30H,31-36H2. The largest absolute Gasteiger partial charge is 0.0622 e. The van der Waals surface area contributed by atoms with Gasteiger partial charge in [-0.2, -0.15) is 0 Å². The summed E-state index contributed by atoms with van der Waals surface area (Å²) >= 11 is 0. The van der Waals surface area contributed by atoms with Gasteiger partial charge in [-0.25, -0.2) is 0 Å². The van der Waals surface area contributed by atoms with E-state index in [1.165, 1.54) is 66.8 Å². The summed E-state index contributed by atoms with van der Waals surface area (Å²) < 4.78 is 0. The monoisotopic (exact) mass is 618 g/mol. The predicted molar refractivity (Wildman–Crippen MR) is 202 cm³/mol. The Kier molecular flexibility index (Phi) is 10.0. The van der Waals surface area contributed by atoms with Crippen LogP contribution in [0.15, 0.2) is 182 Å². The molecule has 0 heterocycles. The number of rotatable bonds is 12. The second-order valence-corrected chi connectivity index (χ2v) is 12.8. The number of hydrogen-bond donors (Lipinski definition) is 0. The highest BCUT2D eigenvalue weighted by Crippen LogP contribution is 2.37. The van der Waals surface area contributed by atoms with Gasteiger partial charge < -0.3 is 0 Å². The molecule has 234 valence electrons. The Bertz CT molecular complexity index is 1600. The molecule has 0 heteroatoms. The lowest BCUT2D eigenvalue weighted by atomic mass is 9.76. The van der Waals surface area contributed by atoms with Crippen LogP contribution in [0.25, 0.3) is 0 Å². The Morgan fingerprint density at radius 2 is 0.292 bits per heavy atom. The highest BCUT2D eigenvalue weighted by molar-refractivity contribution is 5.59. The molecule has 7 rings (SSSR count). The molecular formula is C48H42. The van der Waals surface area contributed by atoms with E-state index in [9.17, 15) is 0 Å². The van der Waals surface area contributed by atoms with Crippen molar-refractivity contribution in [3.05, 3.63) is 249 Å². The molecule has 0 aromatic heterocycles. The summed E-state index contributed by atoms with van der Waals surface area (Å²) in [6, 6.07) is 66.5. The second kappa shape index (κ2) is 15.4. The summed E-state index contributed by atoms with van der Waals surface area (Å²) in [6.45, 7) is 0. The SMILES string of the molecule is c1ccc(Cc2c(Cc3ccccc3)c(Cc3ccccc3)c(Cc3ccccc3)c(Cc3ccccc3)c2Cc2ccccc2)cc1. The lowest BCUT2D eigenvalue weighted by Gasteiger charge is -2.28. The van der Waals surface area contributed by atoms with Crippen molar-refractivity contribution in [3.8, 4) is 0 Å². The van der Waals surface area contributed by atoms with Crippen LogP contribution in [-0.2, 0) is 38.5 Å². The average molecular weight is 619 g/mol. The van der Waals surface area contributed by atoms with Crippen molar-refractivity contribution in [1.82, 2.24) is 0 Å². The Hall–Kier alpha value is -5.46. The highest BCUT2D eigenvalue weighted by atomic mass is 14.3. The van der Waals surface area contributed by atoms with Gasteiger partial charge in [0.15, 0.2) is 0 Å². The van der Waals surface area contributed by atoms with E-state index in [-0.39, 0.29) is 0 Å². The topological polar surface area (TPSA) is 0 Å². The van der Waals surface area contributed by atoms with Gasteiger partial charge in [0.2, 0.25) is 0 Å². The van der Waals surface area contributed by atoms with Crippen molar-refractivity contribution in [1.29, 1.82) is 0 Å². The van der Waals surface area contributed by atoms with E-state index in [0.717, 1.165) is 38.5 Å². The third-order valence-electron chi connectivity index (χ3n) is 9.53. The Balaban J connectivity index is 1.56. The third-order valence-corrected chi connectivity index (χ3v) is 9.53. The Morgan fingerprint density at radius 1 is 0.167 bits per heavy atom. The first-order chi connectivity index (χ1) is 23.8. The molecule has 0 fully saturated rings. The summed E-state index contributed by atoms with van der Waals surface area (Å²) in [6.07, 6.45) is 5.42. The average Bonchev–Trinajstić information content (AvgIpc) is 3.15. The summed E-state index contributed by atoms with van der Waals surface area (Å²) in [5.41, 5.74) is 17.1. The maximum atomic E-state index is 2.30. The third kappa shape index (κ3) is 7.73. The minimum absolute atomic E-state index is 0.903. The van der Waals surface area contributed by atoms with Crippen LogP contribution >= 0.6 is 0 Å². The van der Waals surface area contributed by atoms with Crippen LogP contribution in [-0.4, -0.2) is 0 Å². The molecule has 0 aliphatic heterocycles. The quantitative estimate of drug-likeness (QED) is 0.128. The molecule has 0 nitrogen and oxygen atoms in total. The zero-order chi connectivity index (χ0) is 32.4. The minimum atomic E-state index is 0.903. The van der Waals surface area contributed by atoms with Gasteiger partial charge in [0.1, 0.15) is 0 Å². The van der Waals surface area contributed by atoms with Gasteiger partial charge in [-0.3, -0.25) is 0 Å². The zero-order valence-electron chi connectivity index (χ0n) is 27.6. The summed E-state index contributed by atoms with van der Waals surface area (Å²) in [5, 5.41) is 0. The van der Waals surface area contributed by atoms with E-state index in [1.54, 1.807) is 0 Å². The smallest absolute Gasteiger partial charge is 0.00199 e. The molecule has 48 heavy (non-hydrogen) atoms. The zero-order valence-corrected chi connectivity index (χ0v) is 27.6. The molecule has 0 aliphatic rings. The molecule has 0 radical (unpaired) electrons. The van der Waals surface area contributed by atoms with E-state index < -0.39 is 0 Å². The summed E-state index contributed by atoms with van der Waals surface area (Å²) in [7, 11) is 0. The molecular weight excluding hydrogens is 577 g/mol. The predicted octanol–water partition coefficient (Wildman–Crippen LogP) is 11.2. The highest BCUT2D eigenvalue weighted by Gasteiger charge is 2.25. The van der Waals surface area contributed by atoms with Crippen molar-refractivity contribution in [2.75, 3.05) is 0 Å². The lowest BCUT2D eigenvalue weighted by Crippen LogP contribution is -2.16. The van der Waals surface area contributed by atoms with E-state index in [2.05, 4.69) is 182 Å². The van der Waals surface area contributed by atoms with Crippen LogP contribution in [0.5, 0.6) is 0 Å². The van der Waals surface area contributed by atoms with Crippen LogP contribution in [0, 0.1) is 0 Å². The van der Waals surface area contributed by atoms with Crippen LogP contribution < -0.4 is 0 Å². The molecule has 0 unspecified atom stereocenters. The van der Waals surface area contributed by atoms with Gasteiger partial charge in [-0.05, 0) is 105 Å². The molecule has 0 atom stereocenters. The van der Waals surface area contributed by atoms with Crippen molar-refractivity contribution in [2.45, 2.75) is 38.5 Å². The molecule has 0 saturated heterocycles. The summed E-state index contributed by atoms with van der Waals surface area (Å²) in [5.74, 6) is 0. The van der Waals surface area contributed by atoms with E-state index in [0.29, 0.717) is 0 Å². The molecule has 7 aromatic carbocycles. The van der Waals surface area contributed by atoms with Crippen LogP contribution in [0.3, 0.4) is 0 Å². The fourth-order valence-corrected chi connectivity index (χ4v) is 7.17. The molecule has 0 spiro atoms. The van der Waals surface area contributed by atoms with Crippen LogP contribution in [0.4, 0.5) is 0 Å². The maximum absolute atomic E-state index is 2.30. The maximum Gasteiger partial charge on any atom is -0.00199 e.